The average Bonchev–Trinajstić information content (AvgIpc) is 2.19. The van der Waals surface area contributed by atoms with Crippen molar-refractivity contribution < 1.29 is 10.2 Å². The molecule has 0 radical (unpaired) electrons. The standard InChI is InChI=1S/C9H14N2O2/c12-5-4-11-7-9(13)8-2-1-3-10-6-8/h1-3,6,9,11-13H,4-5,7H2/t9-/m0/s1. The summed E-state index contributed by atoms with van der Waals surface area (Å²) in [5.74, 6) is 0. The second-order valence-electron chi connectivity index (χ2n) is 2.73. The molecule has 4 nitrogen and oxygen atoms in total. The first kappa shape index (κ1) is 10.1. The maximum absolute atomic E-state index is 9.56. The Bertz CT molecular complexity index is 228. The van der Waals surface area contributed by atoms with Gasteiger partial charge in [0.2, 0.25) is 0 Å². The molecule has 1 heterocycles. The summed E-state index contributed by atoms with van der Waals surface area (Å²) in [7, 11) is 0. The summed E-state index contributed by atoms with van der Waals surface area (Å²) in [6, 6.07) is 3.60. The summed E-state index contributed by atoms with van der Waals surface area (Å²) in [6.07, 6.45) is 2.74. The van der Waals surface area contributed by atoms with Crippen LogP contribution in [0.1, 0.15) is 11.7 Å². The van der Waals surface area contributed by atoms with E-state index < -0.39 is 6.10 Å². The molecule has 13 heavy (non-hydrogen) atoms. The molecular weight excluding hydrogens is 168 g/mol. The van der Waals surface area contributed by atoms with E-state index in [0.29, 0.717) is 13.1 Å². The fourth-order valence-electron chi connectivity index (χ4n) is 1.01. The van der Waals surface area contributed by atoms with Gasteiger partial charge in [-0.3, -0.25) is 4.98 Å². The van der Waals surface area contributed by atoms with Crippen molar-refractivity contribution in [2.45, 2.75) is 6.10 Å². The number of pyridine rings is 1. The third kappa shape index (κ3) is 3.50. The summed E-state index contributed by atoms with van der Waals surface area (Å²) in [5, 5.41) is 21.0. The highest BCUT2D eigenvalue weighted by molar-refractivity contribution is 5.11. The zero-order chi connectivity index (χ0) is 9.52. The largest absolute Gasteiger partial charge is 0.395 e. The van der Waals surface area contributed by atoms with Crippen molar-refractivity contribution in [1.29, 1.82) is 0 Å². The van der Waals surface area contributed by atoms with Gasteiger partial charge in [0, 0.05) is 31.0 Å². The van der Waals surface area contributed by atoms with Gasteiger partial charge in [-0.25, -0.2) is 0 Å². The molecule has 0 saturated carbocycles. The van der Waals surface area contributed by atoms with Gasteiger partial charge in [0.15, 0.2) is 0 Å². The van der Waals surface area contributed by atoms with Crippen LogP contribution in [-0.4, -0.2) is 34.9 Å². The predicted molar refractivity (Wildman–Crippen MR) is 49.2 cm³/mol. The fourth-order valence-corrected chi connectivity index (χ4v) is 1.01. The molecule has 1 aromatic heterocycles. The van der Waals surface area contributed by atoms with Crippen molar-refractivity contribution in [2.75, 3.05) is 19.7 Å². The van der Waals surface area contributed by atoms with Crippen LogP contribution in [0.2, 0.25) is 0 Å². The fraction of sp³-hybridized carbons (Fsp3) is 0.444. The lowest BCUT2D eigenvalue weighted by Gasteiger charge is -2.10. The van der Waals surface area contributed by atoms with Crippen LogP contribution in [0.5, 0.6) is 0 Å². The van der Waals surface area contributed by atoms with E-state index in [-0.39, 0.29) is 6.61 Å². The van der Waals surface area contributed by atoms with Crippen LogP contribution >= 0.6 is 0 Å². The van der Waals surface area contributed by atoms with E-state index in [1.54, 1.807) is 18.5 Å². The Morgan fingerprint density at radius 2 is 2.38 bits per heavy atom. The van der Waals surface area contributed by atoms with Gasteiger partial charge < -0.3 is 15.5 Å². The number of nitrogens with one attached hydrogen (secondary N) is 1. The Kier molecular flexibility index (Phi) is 4.39. The lowest BCUT2D eigenvalue weighted by molar-refractivity contribution is 0.170. The maximum atomic E-state index is 9.56. The highest BCUT2D eigenvalue weighted by atomic mass is 16.3. The van der Waals surface area contributed by atoms with E-state index in [1.165, 1.54) is 0 Å². The first-order valence-electron chi connectivity index (χ1n) is 4.24. The number of hydrogen-bond donors (Lipinski definition) is 3. The van der Waals surface area contributed by atoms with Gasteiger partial charge >= 0.3 is 0 Å². The van der Waals surface area contributed by atoms with Crippen LogP contribution < -0.4 is 5.32 Å². The Labute approximate surface area is 77.2 Å². The maximum Gasteiger partial charge on any atom is 0.0929 e. The van der Waals surface area contributed by atoms with Crippen LogP contribution in [0.25, 0.3) is 0 Å². The number of aromatic nitrogens is 1. The van der Waals surface area contributed by atoms with Crippen molar-refractivity contribution >= 4 is 0 Å². The molecule has 4 heteroatoms. The highest BCUT2D eigenvalue weighted by Gasteiger charge is 2.05. The molecule has 1 aromatic rings. The SMILES string of the molecule is OCCNC[C@H](O)c1cccnc1. The third-order valence-electron chi connectivity index (χ3n) is 1.70. The molecule has 0 saturated heterocycles. The number of aliphatic hydroxyl groups is 2. The van der Waals surface area contributed by atoms with E-state index in [0.717, 1.165) is 5.56 Å². The normalized spacial score (nSPS) is 12.8. The summed E-state index contributed by atoms with van der Waals surface area (Å²) < 4.78 is 0. The minimum atomic E-state index is -0.555. The molecule has 3 N–H and O–H groups in total. The molecule has 0 aromatic carbocycles. The summed E-state index contributed by atoms with van der Waals surface area (Å²) >= 11 is 0. The average molecular weight is 182 g/mol. The minimum absolute atomic E-state index is 0.0831. The zero-order valence-electron chi connectivity index (χ0n) is 7.35. The number of rotatable bonds is 5. The molecule has 0 spiro atoms. The van der Waals surface area contributed by atoms with Crippen LogP contribution in [-0.2, 0) is 0 Å². The molecule has 0 aliphatic rings. The van der Waals surface area contributed by atoms with Crippen molar-refractivity contribution in [3.63, 3.8) is 0 Å². The molecule has 0 aliphatic carbocycles. The van der Waals surface area contributed by atoms with Gasteiger partial charge in [-0.1, -0.05) is 6.07 Å². The molecule has 1 rings (SSSR count). The van der Waals surface area contributed by atoms with Crippen molar-refractivity contribution in [3.8, 4) is 0 Å². The lowest BCUT2D eigenvalue weighted by atomic mass is 10.2. The Morgan fingerprint density at radius 3 is 3.00 bits per heavy atom. The van der Waals surface area contributed by atoms with Gasteiger partial charge in [-0.15, -0.1) is 0 Å². The number of hydrogen-bond acceptors (Lipinski definition) is 4. The topological polar surface area (TPSA) is 65.4 Å². The van der Waals surface area contributed by atoms with Crippen LogP contribution in [0.15, 0.2) is 24.5 Å². The van der Waals surface area contributed by atoms with Crippen molar-refractivity contribution in [2.24, 2.45) is 0 Å². The van der Waals surface area contributed by atoms with Crippen LogP contribution in [0.3, 0.4) is 0 Å². The third-order valence-corrected chi connectivity index (χ3v) is 1.70. The van der Waals surface area contributed by atoms with Gasteiger partial charge in [0.05, 0.1) is 12.7 Å². The molecule has 1 atom stereocenters. The summed E-state index contributed by atoms with van der Waals surface area (Å²) in [4.78, 5) is 3.90. The van der Waals surface area contributed by atoms with Gasteiger partial charge in [0.25, 0.3) is 0 Å². The molecule has 0 bridgehead atoms. The molecule has 0 unspecified atom stereocenters. The highest BCUT2D eigenvalue weighted by Crippen LogP contribution is 2.08. The lowest BCUT2D eigenvalue weighted by Crippen LogP contribution is -2.24. The van der Waals surface area contributed by atoms with E-state index in [9.17, 15) is 5.11 Å². The van der Waals surface area contributed by atoms with Crippen LogP contribution in [0.4, 0.5) is 0 Å². The Balaban J connectivity index is 2.35. The first-order chi connectivity index (χ1) is 6.34. The minimum Gasteiger partial charge on any atom is -0.395 e. The first-order valence-corrected chi connectivity index (χ1v) is 4.24. The van der Waals surface area contributed by atoms with Crippen LogP contribution in [0, 0.1) is 0 Å². The zero-order valence-corrected chi connectivity index (χ0v) is 7.35. The quantitative estimate of drug-likeness (QED) is 0.547. The number of nitrogens with zero attached hydrogens (tertiary/aromatic N) is 1. The second kappa shape index (κ2) is 5.64. The monoisotopic (exact) mass is 182 g/mol. The molecule has 0 amide bonds. The Morgan fingerprint density at radius 1 is 1.54 bits per heavy atom. The van der Waals surface area contributed by atoms with E-state index >= 15 is 0 Å². The van der Waals surface area contributed by atoms with Gasteiger partial charge in [-0.2, -0.15) is 0 Å². The summed E-state index contributed by atoms with van der Waals surface area (Å²) in [6.45, 7) is 1.02. The van der Waals surface area contributed by atoms with Crippen molar-refractivity contribution in [3.05, 3.63) is 30.1 Å². The number of aliphatic hydroxyl groups excluding tert-OH is 2. The smallest absolute Gasteiger partial charge is 0.0929 e. The molecule has 0 fully saturated rings. The van der Waals surface area contributed by atoms with Crippen molar-refractivity contribution in [1.82, 2.24) is 10.3 Å². The molecular formula is C9H14N2O2. The van der Waals surface area contributed by atoms with Gasteiger partial charge in [0.1, 0.15) is 0 Å². The van der Waals surface area contributed by atoms with E-state index in [4.69, 9.17) is 5.11 Å². The van der Waals surface area contributed by atoms with Gasteiger partial charge in [-0.05, 0) is 6.07 Å². The van der Waals surface area contributed by atoms with E-state index in [1.807, 2.05) is 6.07 Å². The molecule has 0 aliphatic heterocycles. The molecule has 72 valence electrons. The van der Waals surface area contributed by atoms with E-state index in [2.05, 4.69) is 10.3 Å². The summed E-state index contributed by atoms with van der Waals surface area (Å²) in [5.41, 5.74) is 0.785. The Hall–Kier alpha value is -0.970. The second-order valence-corrected chi connectivity index (χ2v) is 2.73. The predicted octanol–water partition coefficient (Wildman–Crippen LogP) is -0.303.